The van der Waals surface area contributed by atoms with E-state index in [4.69, 9.17) is 0 Å². The van der Waals surface area contributed by atoms with Crippen molar-refractivity contribution in [1.29, 1.82) is 0 Å². The number of rotatable bonds is 5. The molecule has 33 heavy (non-hydrogen) atoms. The highest BCUT2D eigenvalue weighted by Crippen LogP contribution is 2.68. The van der Waals surface area contributed by atoms with Crippen LogP contribution in [0.1, 0.15) is 92.4 Å². The van der Waals surface area contributed by atoms with Crippen LogP contribution in [0.2, 0.25) is 0 Å². The molecule has 0 bridgehead atoms. The summed E-state index contributed by atoms with van der Waals surface area (Å²) in [7, 11) is 0. The first-order valence-electron chi connectivity index (χ1n) is 12.9. The number of aliphatic hydroxyl groups excluding tert-OH is 2. The predicted octanol–water partition coefficient (Wildman–Crippen LogP) is 2.88. The normalized spacial score (nSPS) is 46.0. The Morgan fingerprint density at radius 1 is 1.06 bits per heavy atom. The van der Waals surface area contributed by atoms with Gasteiger partial charge in [0.25, 0.3) is 0 Å². The third-order valence-corrected chi connectivity index (χ3v) is 10.4. The first-order chi connectivity index (χ1) is 15.1. The van der Waals surface area contributed by atoms with Gasteiger partial charge in [0, 0.05) is 11.3 Å². The van der Waals surface area contributed by atoms with E-state index in [1.165, 1.54) is 0 Å². The largest absolute Gasteiger partial charge is 0.393 e. The maximum atomic E-state index is 13.2. The molecule has 4 aliphatic rings. The molecule has 0 unspecified atom stereocenters. The number of fused-ring (bicyclic) bond motifs is 5. The van der Waals surface area contributed by atoms with Crippen LogP contribution >= 0.6 is 0 Å². The number of hydrogen-bond acceptors (Lipinski definition) is 6. The van der Waals surface area contributed by atoms with Gasteiger partial charge in [-0.15, -0.1) is 0 Å². The van der Waals surface area contributed by atoms with E-state index in [2.05, 4.69) is 6.92 Å². The molecule has 5 N–H and O–H groups in total. The summed E-state index contributed by atoms with van der Waals surface area (Å²) in [6.45, 7) is 9.16. The lowest BCUT2D eigenvalue weighted by Gasteiger charge is -2.60. The lowest BCUT2D eigenvalue weighted by Crippen LogP contribution is -2.62. The minimum absolute atomic E-state index is 0.0389. The Morgan fingerprint density at radius 3 is 2.36 bits per heavy atom. The standard InChI is InChI=1S/C27H44O6/c1-23(2,31)11-10-22(30)26(5,32)21-9-13-27(33)19-14-20(29)18-7-6-16(28)15-24(18,3)17(19)8-12-25(21,27)4/h14,16-18,21-22,28,30-33H,6-13,15H2,1-5H3/t16-,17-,18+,21-,22+,24+,25+,26+,27+/m0/s1. The highest BCUT2D eigenvalue weighted by Gasteiger charge is 2.68. The van der Waals surface area contributed by atoms with Crippen molar-refractivity contribution in [3.63, 3.8) is 0 Å². The Bertz CT molecular complexity index is 827. The van der Waals surface area contributed by atoms with Crippen LogP contribution in [0.4, 0.5) is 0 Å². The van der Waals surface area contributed by atoms with E-state index in [-0.39, 0.29) is 35.4 Å². The molecule has 0 saturated heterocycles. The minimum atomic E-state index is -1.43. The molecular weight excluding hydrogens is 420 g/mol. The molecule has 4 aliphatic carbocycles. The molecule has 6 nitrogen and oxygen atoms in total. The van der Waals surface area contributed by atoms with Crippen molar-refractivity contribution in [3.8, 4) is 0 Å². The molecule has 0 radical (unpaired) electrons. The average molecular weight is 465 g/mol. The fourth-order valence-corrected chi connectivity index (χ4v) is 8.39. The van der Waals surface area contributed by atoms with E-state index in [1.54, 1.807) is 26.8 Å². The highest BCUT2D eigenvalue weighted by atomic mass is 16.3. The zero-order valence-electron chi connectivity index (χ0n) is 21.0. The molecule has 188 valence electrons. The SMILES string of the molecule is CC(C)(O)CC[C@@H](O)[C@](C)(O)[C@H]1CC[C@@]2(O)C3=CC(=O)[C@H]4CC[C@H](O)C[C@]4(C)[C@H]3CC[C@]12C. The van der Waals surface area contributed by atoms with Gasteiger partial charge in [-0.3, -0.25) is 4.79 Å². The molecular formula is C27H44O6. The monoisotopic (exact) mass is 464 g/mol. The molecule has 0 aromatic rings. The van der Waals surface area contributed by atoms with Gasteiger partial charge in [0.05, 0.1) is 29.0 Å². The first kappa shape index (κ1) is 25.3. The number of hydrogen-bond donors (Lipinski definition) is 5. The van der Waals surface area contributed by atoms with Gasteiger partial charge in [-0.1, -0.05) is 13.8 Å². The van der Waals surface area contributed by atoms with Gasteiger partial charge in [0.2, 0.25) is 0 Å². The fraction of sp³-hybridized carbons (Fsp3) is 0.889. The van der Waals surface area contributed by atoms with Crippen LogP contribution < -0.4 is 0 Å². The lowest BCUT2D eigenvalue weighted by molar-refractivity contribution is -0.173. The highest BCUT2D eigenvalue weighted by molar-refractivity contribution is 5.95. The number of carbonyl (C=O) groups excluding carboxylic acids is 1. The van der Waals surface area contributed by atoms with E-state index in [9.17, 15) is 30.3 Å². The van der Waals surface area contributed by atoms with Crippen molar-refractivity contribution in [2.75, 3.05) is 0 Å². The van der Waals surface area contributed by atoms with Gasteiger partial charge in [-0.25, -0.2) is 0 Å². The summed E-state index contributed by atoms with van der Waals surface area (Å²) < 4.78 is 0. The Balaban J connectivity index is 1.66. The van der Waals surface area contributed by atoms with E-state index >= 15 is 0 Å². The van der Waals surface area contributed by atoms with E-state index in [0.717, 1.165) is 12.0 Å². The minimum Gasteiger partial charge on any atom is -0.393 e. The Kier molecular flexibility index (Phi) is 6.03. The van der Waals surface area contributed by atoms with E-state index < -0.39 is 34.4 Å². The quantitative estimate of drug-likeness (QED) is 0.427. The van der Waals surface area contributed by atoms with Crippen LogP contribution in [0, 0.1) is 28.6 Å². The summed E-state index contributed by atoms with van der Waals surface area (Å²) in [4.78, 5) is 13.2. The Hall–Kier alpha value is -0.790. The summed E-state index contributed by atoms with van der Waals surface area (Å²) in [5.41, 5.74) is -3.82. The van der Waals surface area contributed by atoms with E-state index in [0.29, 0.717) is 44.9 Å². The number of carbonyl (C=O) groups is 1. The molecule has 0 aromatic carbocycles. The number of ketones is 1. The summed E-state index contributed by atoms with van der Waals surface area (Å²) in [5, 5.41) is 55.2. The fourth-order valence-electron chi connectivity index (χ4n) is 8.39. The smallest absolute Gasteiger partial charge is 0.159 e. The van der Waals surface area contributed by atoms with Gasteiger partial charge in [0.1, 0.15) is 0 Å². The maximum Gasteiger partial charge on any atom is 0.159 e. The van der Waals surface area contributed by atoms with Gasteiger partial charge >= 0.3 is 0 Å². The molecule has 0 amide bonds. The van der Waals surface area contributed by atoms with Crippen LogP contribution in [-0.4, -0.2) is 60.3 Å². The summed E-state index contributed by atoms with van der Waals surface area (Å²) in [6, 6.07) is 0. The summed E-state index contributed by atoms with van der Waals surface area (Å²) in [6.07, 6.45) is 5.30. The van der Waals surface area contributed by atoms with Crippen LogP contribution in [0.3, 0.4) is 0 Å². The zero-order chi connectivity index (χ0) is 24.6. The number of aliphatic hydroxyl groups is 5. The van der Waals surface area contributed by atoms with Gasteiger partial charge in [-0.05, 0) is 107 Å². The molecule has 3 saturated carbocycles. The van der Waals surface area contributed by atoms with Crippen molar-refractivity contribution >= 4 is 5.78 Å². The van der Waals surface area contributed by atoms with Crippen LogP contribution in [0.15, 0.2) is 11.6 Å². The van der Waals surface area contributed by atoms with E-state index in [1.807, 2.05) is 6.92 Å². The first-order valence-corrected chi connectivity index (χ1v) is 12.9. The van der Waals surface area contributed by atoms with Crippen molar-refractivity contribution in [2.24, 2.45) is 28.6 Å². The maximum absolute atomic E-state index is 13.2. The van der Waals surface area contributed by atoms with Crippen molar-refractivity contribution in [3.05, 3.63) is 11.6 Å². The zero-order valence-corrected chi connectivity index (χ0v) is 21.0. The van der Waals surface area contributed by atoms with Gasteiger partial charge < -0.3 is 25.5 Å². The summed E-state index contributed by atoms with van der Waals surface area (Å²) in [5.74, 6) is -0.344. The molecule has 0 heterocycles. The van der Waals surface area contributed by atoms with Gasteiger partial charge in [-0.2, -0.15) is 0 Å². The second-order valence-corrected chi connectivity index (χ2v) is 13.0. The van der Waals surface area contributed by atoms with Crippen molar-refractivity contribution < 1.29 is 30.3 Å². The molecule has 3 fully saturated rings. The molecule has 6 heteroatoms. The molecule has 4 rings (SSSR count). The second-order valence-electron chi connectivity index (χ2n) is 13.0. The molecule has 0 spiro atoms. The lowest BCUT2D eigenvalue weighted by atomic mass is 9.46. The molecule has 9 atom stereocenters. The number of allylic oxidation sites excluding steroid dienone is 1. The predicted molar refractivity (Wildman–Crippen MR) is 125 cm³/mol. The second kappa shape index (κ2) is 7.86. The third-order valence-electron chi connectivity index (χ3n) is 10.4. The molecule has 0 aliphatic heterocycles. The average Bonchev–Trinajstić information content (AvgIpc) is 2.97. The van der Waals surface area contributed by atoms with Crippen molar-refractivity contribution in [1.82, 2.24) is 0 Å². The third kappa shape index (κ3) is 3.76. The van der Waals surface area contributed by atoms with Crippen LogP contribution in [0.5, 0.6) is 0 Å². The molecule has 0 aromatic heterocycles. The Labute approximate surface area is 198 Å². The topological polar surface area (TPSA) is 118 Å². The van der Waals surface area contributed by atoms with Crippen LogP contribution in [0.25, 0.3) is 0 Å². The van der Waals surface area contributed by atoms with Crippen molar-refractivity contribution in [2.45, 2.75) is 121 Å². The Morgan fingerprint density at radius 2 is 1.73 bits per heavy atom. The van der Waals surface area contributed by atoms with Crippen LogP contribution in [-0.2, 0) is 4.79 Å². The van der Waals surface area contributed by atoms with Gasteiger partial charge in [0.15, 0.2) is 5.78 Å². The summed E-state index contributed by atoms with van der Waals surface area (Å²) >= 11 is 0.